The zero-order valence-electron chi connectivity index (χ0n) is 11.0. The minimum Gasteiger partial charge on any atom is -0.387 e. The molecule has 1 aromatic rings. The van der Waals surface area contributed by atoms with E-state index < -0.39 is 0 Å². The van der Waals surface area contributed by atoms with Gasteiger partial charge in [0.1, 0.15) is 0 Å². The van der Waals surface area contributed by atoms with Gasteiger partial charge in [0.25, 0.3) is 0 Å². The average molecular weight is 269 g/mol. The summed E-state index contributed by atoms with van der Waals surface area (Å²) in [6.45, 7) is 5.24. The summed E-state index contributed by atoms with van der Waals surface area (Å²) < 4.78 is 5.58. The minimum atomic E-state index is -0.233. The SMILES string of the molecule is CC(C)(CCCOCc1ccc(Cl)cc1)C(=N)N. The molecule has 0 unspecified atom stereocenters. The lowest BCUT2D eigenvalue weighted by Gasteiger charge is -2.22. The van der Waals surface area contributed by atoms with Gasteiger partial charge in [-0.2, -0.15) is 0 Å². The molecule has 3 nitrogen and oxygen atoms in total. The van der Waals surface area contributed by atoms with Crippen LogP contribution in [0.3, 0.4) is 0 Å². The molecule has 0 radical (unpaired) electrons. The highest BCUT2D eigenvalue weighted by Crippen LogP contribution is 2.21. The van der Waals surface area contributed by atoms with E-state index in [0.717, 1.165) is 23.4 Å². The second kappa shape index (κ2) is 6.76. The monoisotopic (exact) mass is 268 g/mol. The smallest absolute Gasteiger partial charge is 0.0963 e. The van der Waals surface area contributed by atoms with Crippen LogP contribution in [0.2, 0.25) is 5.02 Å². The van der Waals surface area contributed by atoms with E-state index in [1.54, 1.807) is 0 Å². The largest absolute Gasteiger partial charge is 0.387 e. The second-order valence-electron chi connectivity index (χ2n) is 5.08. The van der Waals surface area contributed by atoms with Gasteiger partial charge < -0.3 is 10.5 Å². The summed E-state index contributed by atoms with van der Waals surface area (Å²) in [4.78, 5) is 0. The van der Waals surface area contributed by atoms with Gasteiger partial charge in [0.15, 0.2) is 0 Å². The zero-order valence-corrected chi connectivity index (χ0v) is 11.8. The maximum absolute atomic E-state index is 7.46. The first-order valence-electron chi connectivity index (χ1n) is 6.08. The highest BCUT2D eigenvalue weighted by Gasteiger charge is 2.20. The van der Waals surface area contributed by atoms with E-state index in [4.69, 9.17) is 27.5 Å². The first kappa shape index (κ1) is 15.0. The van der Waals surface area contributed by atoms with Gasteiger partial charge in [0, 0.05) is 17.0 Å². The van der Waals surface area contributed by atoms with Crippen molar-refractivity contribution < 1.29 is 4.74 Å². The summed E-state index contributed by atoms with van der Waals surface area (Å²) in [5.41, 5.74) is 6.40. The van der Waals surface area contributed by atoms with Gasteiger partial charge in [0.2, 0.25) is 0 Å². The quantitative estimate of drug-likeness (QED) is 0.451. The summed E-state index contributed by atoms with van der Waals surface area (Å²) >= 11 is 5.80. The molecule has 0 atom stereocenters. The predicted molar refractivity (Wildman–Crippen MR) is 76.0 cm³/mol. The summed E-state index contributed by atoms with van der Waals surface area (Å²) in [6.07, 6.45) is 1.77. The molecule has 0 heterocycles. The van der Waals surface area contributed by atoms with E-state index in [9.17, 15) is 0 Å². The van der Waals surface area contributed by atoms with Crippen LogP contribution in [-0.2, 0) is 11.3 Å². The number of ether oxygens (including phenoxy) is 1. The molecular formula is C14H21ClN2O. The van der Waals surface area contributed by atoms with Crippen LogP contribution in [0.1, 0.15) is 32.3 Å². The van der Waals surface area contributed by atoms with Crippen LogP contribution >= 0.6 is 11.6 Å². The van der Waals surface area contributed by atoms with Crippen LogP contribution in [0.4, 0.5) is 0 Å². The standard InChI is InChI=1S/C14H21ClN2O/c1-14(2,13(16)17)8-3-9-18-10-11-4-6-12(15)7-5-11/h4-7H,3,8-10H2,1-2H3,(H3,16,17). The first-order chi connectivity index (χ1) is 8.42. The molecule has 0 aliphatic carbocycles. The summed E-state index contributed by atoms with van der Waals surface area (Å²) in [5.74, 6) is 0.236. The third kappa shape index (κ3) is 5.07. The Morgan fingerprint density at radius 3 is 2.50 bits per heavy atom. The van der Waals surface area contributed by atoms with Crippen LogP contribution < -0.4 is 5.73 Å². The van der Waals surface area contributed by atoms with Crippen molar-refractivity contribution in [3.8, 4) is 0 Å². The molecule has 0 aliphatic rings. The van der Waals surface area contributed by atoms with Crippen LogP contribution in [0.25, 0.3) is 0 Å². The number of amidine groups is 1. The van der Waals surface area contributed by atoms with Crippen molar-refractivity contribution in [2.75, 3.05) is 6.61 Å². The lowest BCUT2D eigenvalue weighted by molar-refractivity contribution is 0.112. The van der Waals surface area contributed by atoms with Crippen molar-refractivity contribution in [3.05, 3.63) is 34.9 Å². The van der Waals surface area contributed by atoms with E-state index in [-0.39, 0.29) is 11.3 Å². The van der Waals surface area contributed by atoms with Crippen molar-refractivity contribution in [1.29, 1.82) is 5.41 Å². The Morgan fingerprint density at radius 2 is 1.94 bits per heavy atom. The van der Waals surface area contributed by atoms with Crippen molar-refractivity contribution in [2.24, 2.45) is 11.1 Å². The first-order valence-corrected chi connectivity index (χ1v) is 6.46. The normalized spacial score (nSPS) is 11.5. The van der Waals surface area contributed by atoms with Gasteiger partial charge in [-0.25, -0.2) is 0 Å². The highest BCUT2D eigenvalue weighted by atomic mass is 35.5. The molecule has 3 N–H and O–H groups in total. The van der Waals surface area contributed by atoms with Crippen LogP contribution in [0.15, 0.2) is 24.3 Å². The number of rotatable bonds is 7. The molecule has 4 heteroatoms. The fraction of sp³-hybridized carbons (Fsp3) is 0.500. The predicted octanol–water partition coefficient (Wildman–Crippen LogP) is 3.60. The van der Waals surface area contributed by atoms with Crippen LogP contribution in [-0.4, -0.2) is 12.4 Å². The molecule has 0 saturated heterocycles. The molecule has 0 aromatic heterocycles. The summed E-state index contributed by atoms with van der Waals surface area (Å²) in [6, 6.07) is 7.64. The van der Waals surface area contributed by atoms with E-state index in [2.05, 4.69) is 0 Å². The molecule has 1 rings (SSSR count). The van der Waals surface area contributed by atoms with Crippen LogP contribution in [0.5, 0.6) is 0 Å². The Hall–Kier alpha value is -1.06. The highest BCUT2D eigenvalue weighted by molar-refractivity contribution is 6.30. The van der Waals surface area contributed by atoms with E-state index >= 15 is 0 Å². The number of hydrogen-bond acceptors (Lipinski definition) is 2. The average Bonchev–Trinajstić information content (AvgIpc) is 2.31. The molecule has 0 bridgehead atoms. The number of nitrogens with one attached hydrogen (secondary N) is 1. The van der Waals surface area contributed by atoms with Gasteiger partial charge >= 0.3 is 0 Å². The zero-order chi connectivity index (χ0) is 13.6. The lowest BCUT2D eigenvalue weighted by atomic mass is 9.87. The van der Waals surface area contributed by atoms with Crippen molar-refractivity contribution in [2.45, 2.75) is 33.3 Å². The van der Waals surface area contributed by atoms with Gasteiger partial charge in [-0.15, -0.1) is 0 Å². The maximum Gasteiger partial charge on any atom is 0.0963 e. The Morgan fingerprint density at radius 1 is 1.33 bits per heavy atom. The Labute approximate surface area is 114 Å². The molecule has 18 heavy (non-hydrogen) atoms. The lowest BCUT2D eigenvalue weighted by Crippen LogP contribution is -2.30. The van der Waals surface area contributed by atoms with Gasteiger partial charge in [-0.1, -0.05) is 37.6 Å². The molecule has 0 amide bonds. The third-order valence-corrected chi connectivity index (χ3v) is 3.25. The number of nitrogens with two attached hydrogens (primary N) is 1. The van der Waals surface area contributed by atoms with E-state index in [1.807, 2.05) is 38.1 Å². The molecule has 100 valence electrons. The number of hydrogen-bond donors (Lipinski definition) is 2. The van der Waals surface area contributed by atoms with Gasteiger partial charge in [0.05, 0.1) is 12.4 Å². The van der Waals surface area contributed by atoms with Crippen molar-refractivity contribution in [3.63, 3.8) is 0 Å². The fourth-order valence-electron chi connectivity index (χ4n) is 1.52. The Kier molecular flexibility index (Phi) is 5.63. The van der Waals surface area contributed by atoms with Crippen LogP contribution in [0, 0.1) is 10.8 Å². The molecule has 0 spiro atoms. The third-order valence-electron chi connectivity index (χ3n) is 3.00. The topological polar surface area (TPSA) is 59.1 Å². The summed E-state index contributed by atoms with van der Waals surface area (Å²) in [5, 5.41) is 8.19. The molecular weight excluding hydrogens is 248 g/mol. The molecule has 0 aliphatic heterocycles. The molecule has 1 aromatic carbocycles. The van der Waals surface area contributed by atoms with Gasteiger partial charge in [-0.3, -0.25) is 5.41 Å². The second-order valence-corrected chi connectivity index (χ2v) is 5.52. The van der Waals surface area contributed by atoms with Crippen molar-refractivity contribution in [1.82, 2.24) is 0 Å². The number of benzene rings is 1. The number of halogens is 1. The van der Waals surface area contributed by atoms with E-state index in [1.165, 1.54) is 0 Å². The van der Waals surface area contributed by atoms with E-state index in [0.29, 0.717) is 13.2 Å². The minimum absolute atomic E-state index is 0.233. The molecule has 0 fully saturated rings. The Bertz CT molecular complexity index is 387. The maximum atomic E-state index is 7.46. The van der Waals surface area contributed by atoms with Gasteiger partial charge in [-0.05, 0) is 30.5 Å². The Balaban J connectivity index is 2.20. The molecule has 0 saturated carbocycles. The van der Waals surface area contributed by atoms with Crippen molar-refractivity contribution >= 4 is 17.4 Å². The fourth-order valence-corrected chi connectivity index (χ4v) is 1.65. The summed E-state index contributed by atoms with van der Waals surface area (Å²) in [7, 11) is 0.